The van der Waals surface area contributed by atoms with Gasteiger partial charge in [0.25, 0.3) is 0 Å². The smallest absolute Gasteiger partial charge is 0.414 e. The third kappa shape index (κ3) is 5.41. The van der Waals surface area contributed by atoms with Gasteiger partial charge in [0.05, 0.1) is 18.2 Å². The number of carboxylic acids is 2. The summed E-state index contributed by atoms with van der Waals surface area (Å²) in [7, 11) is 1.57. The van der Waals surface area contributed by atoms with E-state index in [-0.39, 0.29) is 5.82 Å². The number of fused-ring (bicyclic) bond motifs is 1. The first-order valence-corrected chi connectivity index (χ1v) is 9.01. The maximum absolute atomic E-state index is 13.4. The number of rotatable bonds is 5. The third-order valence-electron chi connectivity index (χ3n) is 4.66. The molecule has 0 spiro atoms. The summed E-state index contributed by atoms with van der Waals surface area (Å²) in [6.45, 7) is -1.40. The van der Waals surface area contributed by atoms with Crippen LogP contribution in [0.1, 0.15) is 39.2 Å². The van der Waals surface area contributed by atoms with E-state index in [1.165, 1.54) is 17.0 Å². The lowest BCUT2D eigenvalue weighted by atomic mass is 9.81. The third-order valence-corrected chi connectivity index (χ3v) is 4.66. The minimum Gasteiger partial charge on any atom is -0.473 e. The molecule has 3 rings (SSSR count). The van der Waals surface area contributed by atoms with Crippen LogP contribution in [0.25, 0.3) is 0 Å². The first-order valence-electron chi connectivity index (χ1n) is 10.5. The average Bonchev–Trinajstić information content (AvgIpc) is 3.12. The zero-order valence-corrected chi connectivity index (χ0v) is 16.3. The van der Waals surface area contributed by atoms with Crippen molar-refractivity contribution in [1.29, 1.82) is 5.26 Å². The molecule has 0 aliphatic carbocycles. The van der Waals surface area contributed by atoms with E-state index in [1.807, 2.05) is 12.1 Å². The summed E-state index contributed by atoms with van der Waals surface area (Å²) in [5.41, 5.74) is 2.50. The quantitative estimate of drug-likeness (QED) is 0.720. The summed E-state index contributed by atoms with van der Waals surface area (Å²) in [6, 6.07) is 13.8. The molecule has 1 atom stereocenters. The zero-order valence-electron chi connectivity index (χ0n) is 19.3. The van der Waals surface area contributed by atoms with Crippen molar-refractivity contribution >= 4 is 11.9 Å². The molecule has 158 valence electrons. The standard InChI is InChI=1S/C20H21FN2O.C2H2O4/c1-23(2)11-3-10-20(17-5-7-18(21)8-6-17)19-9-4-15(13-22)12-16(19)14-24-20;3-1(4)2(5)6/h4-9,12H,3,10-11,14H2,1-2H3;(H,3,4)(H,5,6)/t20-;/m0./s1/i1D3;. The molecule has 0 saturated carbocycles. The second kappa shape index (κ2) is 9.96. The summed E-state index contributed by atoms with van der Waals surface area (Å²) in [5.74, 6) is -3.97. The van der Waals surface area contributed by atoms with Gasteiger partial charge in [-0.15, -0.1) is 0 Å². The Morgan fingerprint density at radius 2 is 1.93 bits per heavy atom. The molecule has 7 nitrogen and oxygen atoms in total. The molecule has 0 fully saturated rings. The predicted octanol–water partition coefficient (Wildman–Crippen LogP) is 2.97. The van der Waals surface area contributed by atoms with Crippen molar-refractivity contribution in [2.24, 2.45) is 0 Å². The molecule has 0 bridgehead atoms. The minimum atomic E-state index is -2.14. The molecule has 0 radical (unpaired) electrons. The van der Waals surface area contributed by atoms with Crippen LogP contribution < -0.4 is 0 Å². The molecular formula is C22H23FN2O5. The Morgan fingerprint density at radius 1 is 1.27 bits per heavy atom. The molecule has 8 heteroatoms. The van der Waals surface area contributed by atoms with Crippen LogP contribution in [0.3, 0.4) is 0 Å². The van der Waals surface area contributed by atoms with Gasteiger partial charge in [0, 0.05) is 4.11 Å². The molecule has 30 heavy (non-hydrogen) atoms. The van der Waals surface area contributed by atoms with Crippen LogP contribution >= 0.6 is 0 Å². The summed E-state index contributed by atoms with van der Waals surface area (Å²) in [4.78, 5) is 19.5. The fraction of sp³-hybridized carbons (Fsp3) is 0.318. The topological polar surface area (TPSA) is 111 Å². The Hall–Kier alpha value is -3.28. The van der Waals surface area contributed by atoms with E-state index in [2.05, 4.69) is 6.07 Å². The monoisotopic (exact) mass is 417 g/mol. The van der Waals surface area contributed by atoms with Gasteiger partial charge in [0.2, 0.25) is 0 Å². The highest BCUT2D eigenvalue weighted by Gasteiger charge is 2.41. The Kier molecular flexibility index (Phi) is 6.22. The van der Waals surface area contributed by atoms with E-state index in [1.54, 1.807) is 25.2 Å². The van der Waals surface area contributed by atoms with Gasteiger partial charge in [-0.3, -0.25) is 0 Å². The molecule has 2 aromatic rings. The van der Waals surface area contributed by atoms with Crippen molar-refractivity contribution < 1.29 is 33.0 Å². The van der Waals surface area contributed by atoms with Crippen LogP contribution in [0, 0.1) is 17.1 Å². The molecule has 1 aliphatic heterocycles. The highest BCUT2D eigenvalue weighted by atomic mass is 19.1. The molecule has 2 aromatic carbocycles. The molecule has 0 amide bonds. The summed E-state index contributed by atoms with van der Waals surface area (Å²) in [6.07, 6.45) is 1.14. The number of carbonyl (C=O) groups is 2. The number of aliphatic carboxylic acids is 2. The second-order valence-electron chi connectivity index (χ2n) is 6.74. The fourth-order valence-corrected chi connectivity index (χ4v) is 3.33. The number of hydrogen-bond acceptors (Lipinski definition) is 5. The average molecular weight is 417 g/mol. The van der Waals surface area contributed by atoms with E-state index in [9.17, 15) is 4.39 Å². The fourth-order valence-electron chi connectivity index (χ4n) is 3.33. The number of halogens is 1. The van der Waals surface area contributed by atoms with Gasteiger partial charge in [-0.1, -0.05) is 18.2 Å². The van der Waals surface area contributed by atoms with Crippen LogP contribution in [-0.2, 0) is 26.5 Å². The van der Waals surface area contributed by atoms with Crippen LogP contribution in [0.15, 0.2) is 42.5 Å². The second-order valence-corrected chi connectivity index (χ2v) is 6.74. The van der Waals surface area contributed by atoms with Crippen molar-refractivity contribution in [2.75, 3.05) is 20.6 Å². The van der Waals surface area contributed by atoms with Crippen LogP contribution in [0.2, 0.25) is 0 Å². The Morgan fingerprint density at radius 3 is 2.50 bits per heavy atom. The van der Waals surface area contributed by atoms with E-state index in [4.69, 9.17) is 33.9 Å². The number of ether oxygens (including phenoxy) is 1. The summed E-state index contributed by atoms with van der Waals surface area (Å²) >= 11 is 0. The van der Waals surface area contributed by atoms with Gasteiger partial charge >= 0.3 is 11.9 Å². The number of nitriles is 1. The van der Waals surface area contributed by atoms with E-state index in [0.717, 1.165) is 16.7 Å². The van der Waals surface area contributed by atoms with Gasteiger partial charge in [-0.25, -0.2) is 14.0 Å². The van der Waals surface area contributed by atoms with Crippen molar-refractivity contribution in [2.45, 2.75) is 25.0 Å². The molecule has 1 aliphatic rings. The Labute approximate surface area is 178 Å². The van der Waals surface area contributed by atoms with Gasteiger partial charge in [-0.05, 0) is 74.4 Å². The highest BCUT2D eigenvalue weighted by Crippen LogP contribution is 2.45. The lowest BCUT2D eigenvalue weighted by Gasteiger charge is -2.31. The maximum Gasteiger partial charge on any atom is 0.414 e. The van der Waals surface area contributed by atoms with Gasteiger partial charge < -0.3 is 19.8 Å². The van der Waals surface area contributed by atoms with Crippen molar-refractivity contribution in [3.63, 3.8) is 0 Å². The van der Waals surface area contributed by atoms with Gasteiger partial charge in [0.1, 0.15) is 11.4 Å². The highest BCUT2D eigenvalue weighted by molar-refractivity contribution is 6.27. The predicted molar refractivity (Wildman–Crippen MR) is 106 cm³/mol. The maximum atomic E-state index is 13.4. The normalized spacial score (nSPS) is 18.8. The van der Waals surface area contributed by atoms with Crippen molar-refractivity contribution in [1.82, 2.24) is 4.90 Å². The SMILES string of the molecule is O=C(O)C(=O)O.[2H]C([2H])([2H])N(C)CCC[C@@]1(c2ccc(F)cc2)OCc2cc(C#N)ccc21. The van der Waals surface area contributed by atoms with Gasteiger partial charge in [0.15, 0.2) is 0 Å². The lowest BCUT2D eigenvalue weighted by Crippen LogP contribution is -2.28. The van der Waals surface area contributed by atoms with E-state index < -0.39 is 24.5 Å². The molecule has 0 saturated heterocycles. The summed E-state index contributed by atoms with van der Waals surface area (Å²) in [5, 5.41) is 23.9. The summed E-state index contributed by atoms with van der Waals surface area (Å²) < 4.78 is 42.1. The van der Waals surface area contributed by atoms with Crippen LogP contribution in [0.5, 0.6) is 0 Å². The Bertz CT molecular complexity index is 1040. The van der Waals surface area contributed by atoms with Crippen LogP contribution in [0.4, 0.5) is 4.39 Å². The van der Waals surface area contributed by atoms with Crippen molar-refractivity contribution in [3.05, 3.63) is 70.5 Å². The first-order chi connectivity index (χ1) is 15.4. The van der Waals surface area contributed by atoms with E-state index >= 15 is 0 Å². The molecule has 0 unspecified atom stereocenters. The first kappa shape index (κ1) is 18.7. The number of carboxylic acid groups (broad SMARTS) is 2. The minimum absolute atomic E-state index is 0.325. The number of nitrogens with zero attached hydrogens (tertiary/aromatic N) is 2. The lowest BCUT2D eigenvalue weighted by molar-refractivity contribution is -0.159. The number of benzene rings is 2. The number of hydrogen-bond donors (Lipinski definition) is 2. The van der Waals surface area contributed by atoms with E-state index in [0.29, 0.717) is 31.6 Å². The molecule has 2 N–H and O–H groups in total. The molecular weight excluding hydrogens is 391 g/mol. The van der Waals surface area contributed by atoms with Crippen molar-refractivity contribution in [3.8, 4) is 6.07 Å². The Balaban J connectivity index is 0.000000569. The van der Waals surface area contributed by atoms with Crippen LogP contribution in [-0.4, -0.2) is 47.6 Å². The molecule has 0 aromatic heterocycles. The zero-order chi connectivity index (χ0) is 24.8. The van der Waals surface area contributed by atoms with Gasteiger partial charge in [-0.2, -0.15) is 5.26 Å². The molecule has 1 heterocycles. The largest absolute Gasteiger partial charge is 0.473 e.